The van der Waals surface area contributed by atoms with Crippen LogP contribution in [0.5, 0.6) is 0 Å². The molecular formula is C23H21Cl2N3O3S2. The van der Waals surface area contributed by atoms with E-state index in [-0.39, 0.29) is 12.3 Å². The highest BCUT2D eigenvalue weighted by Crippen LogP contribution is 2.45. The van der Waals surface area contributed by atoms with E-state index in [2.05, 4.69) is 10.3 Å². The summed E-state index contributed by atoms with van der Waals surface area (Å²) >= 11 is 15.2. The third-order valence-corrected chi connectivity index (χ3v) is 7.52. The molecule has 1 aromatic carbocycles. The van der Waals surface area contributed by atoms with Crippen molar-refractivity contribution in [3.63, 3.8) is 0 Å². The number of thiophene rings is 1. The van der Waals surface area contributed by atoms with Gasteiger partial charge < -0.3 is 15.0 Å². The standard InChI is InChI=1S/C23H21Cl2N3O3S2/c1-13-20(22(30)31-2)21(15-6-8-32-11-15)28-17(12-33-23(28)27-13)10-19(29)26-7-5-14-3-4-16(24)9-18(14)25/h3-4,6,8-9,11-12,21H,5,7,10H2,1-2H3,(H,26,29). The van der Waals surface area contributed by atoms with Crippen LogP contribution in [0.25, 0.3) is 0 Å². The van der Waals surface area contributed by atoms with Gasteiger partial charge in [-0.1, -0.05) is 41.0 Å². The third-order valence-electron chi connectivity index (χ3n) is 5.34. The zero-order valence-corrected chi connectivity index (χ0v) is 21.1. The lowest BCUT2D eigenvalue weighted by Gasteiger charge is -2.35. The Morgan fingerprint density at radius 2 is 2.09 bits per heavy atom. The van der Waals surface area contributed by atoms with E-state index in [1.807, 2.05) is 40.1 Å². The van der Waals surface area contributed by atoms with E-state index >= 15 is 0 Å². The van der Waals surface area contributed by atoms with Gasteiger partial charge in [-0.15, -0.1) is 0 Å². The maximum Gasteiger partial charge on any atom is 0.338 e. The number of benzene rings is 1. The molecule has 0 radical (unpaired) electrons. The van der Waals surface area contributed by atoms with Crippen molar-refractivity contribution >= 4 is 63.3 Å². The molecule has 2 aliphatic rings. The molecule has 0 fully saturated rings. The predicted molar refractivity (Wildman–Crippen MR) is 135 cm³/mol. The van der Waals surface area contributed by atoms with Crippen LogP contribution in [-0.4, -0.2) is 35.6 Å². The number of methoxy groups -OCH3 is 1. The molecule has 2 aromatic rings. The van der Waals surface area contributed by atoms with E-state index in [0.717, 1.165) is 22.0 Å². The maximum atomic E-state index is 12.7. The molecular weight excluding hydrogens is 501 g/mol. The number of nitrogens with zero attached hydrogens (tertiary/aromatic N) is 2. The molecule has 4 rings (SSSR count). The van der Waals surface area contributed by atoms with Crippen molar-refractivity contribution in [1.82, 2.24) is 10.2 Å². The van der Waals surface area contributed by atoms with Crippen LogP contribution in [0.2, 0.25) is 10.0 Å². The number of ether oxygens (including phenoxy) is 1. The van der Waals surface area contributed by atoms with E-state index in [1.54, 1.807) is 23.5 Å². The second-order valence-corrected chi connectivity index (χ2v) is 9.91. The molecule has 0 saturated carbocycles. The molecule has 2 aliphatic heterocycles. The van der Waals surface area contributed by atoms with Gasteiger partial charge in [0.1, 0.15) is 0 Å². The van der Waals surface area contributed by atoms with Gasteiger partial charge in [0.2, 0.25) is 5.91 Å². The largest absolute Gasteiger partial charge is 0.466 e. The van der Waals surface area contributed by atoms with Crippen molar-refractivity contribution in [3.8, 4) is 0 Å². The predicted octanol–water partition coefficient (Wildman–Crippen LogP) is 5.55. The van der Waals surface area contributed by atoms with Gasteiger partial charge in [0.05, 0.1) is 30.8 Å². The number of amidine groups is 1. The maximum absolute atomic E-state index is 12.7. The van der Waals surface area contributed by atoms with Crippen LogP contribution in [0.1, 0.15) is 30.5 Å². The lowest BCUT2D eigenvalue weighted by molar-refractivity contribution is -0.136. The van der Waals surface area contributed by atoms with Crippen molar-refractivity contribution in [2.45, 2.75) is 25.8 Å². The minimum atomic E-state index is -0.424. The zero-order valence-electron chi connectivity index (χ0n) is 17.9. The van der Waals surface area contributed by atoms with E-state index in [4.69, 9.17) is 27.9 Å². The summed E-state index contributed by atoms with van der Waals surface area (Å²) in [6.07, 6.45) is 0.756. The highest BCUT2D eigenvalue weighted by Gasteiger charge is 2.41. The third kappa shape index (κ3) is 5.14. The van der Waals surface area contributed by atoms with E-state index in [1.165, 1.54) is 18.9 Å². The minimum Gasteiger partial charge on any atom is -0.466 e. The quantitative estimate of drug-likeness (QED) is 0.483. The van der Waals surface area contributed by atoms with Crippen LogP contribution in [0.3, 0.4) is 0 Å². The number of carbonyl (C=O) groups is 2. The van der Waals surface area contributed by atoms with Crippen molar-refractivity contribution in [1.29, 1.82) is 0 Å². The Kier molecular flexibility index (Phi) is 7.48. The fourth-order valence-corrected chi connectivity index (χ4v) is 5.92. The minimum absolute atomic E-state index is 0.122. The lowest BCUT2D eigenvalue weighted by atomic mass is 9.96. The Labute approximate surface area is 210 Å². The molecule has 1 N–H and O–H groups in total. The van der Waals surface area contributed by atoms with Crippen LogP contribution < -0.4 is 5.32 Å². The Balaban J connectivity index is 1.47. The van der Waals surface area contributed by atoms with Crippen LogP contribution >= 0.6 is 46.3 Å². The number of allylic oxidation sites excluding steroid dienone is 1. The van der Waals surface area contributed by atoms with Gasteiger partial charge in [-0.25, -0.2) is 9.79 Å². The first-order chi connectivity index (χ1) is 15.9. The number of hydrogen-bond acceptors (Lipinski definition) is 7. The summed E-state index contributed by atoms with van der Waals surface area (Å²) in [7, 11) is 1.36. The van der Waals surface area contributed by atoms with Crippen molar-refractivity contribution in [2.24, 2.45) is 4.99 Å². The summed E-state index contributed by atoms with van der Waals surface area (Å²) in [4.78, 5) is 31.9. The number of esters is 1. The summed E-state index contributed by atoms with van der Waals surface area (Å²) < 4.78 is 5.05. The molecule has 10 heteroatoms. The molecule has 1 atom stereocenters. The molecule has 0 spiro atoms. The van der Waals surface area contributed by atoms with Crippen molar-refractivity contribution in [3.05, 3.63) is 78.6 Å². The first-order valence-corrected chi connectivity index (χ1v) is 12.7. The van der Waals surface area contributed by atoms with Gasteiger partial charge in [-0.3, -0.25) is 4.79 Å². The number of fused-ring (bicyclic) bond motifs is 1. The SMILES string of the molecule is COC(=O)C1=C(C)N=C2SC=C(CC(=O)NCCc3ccc(Cl)cc3Cl)N2C1c1ccsc1. The second-order valence-electron chi connectivity index (χ2n) is 7.45. The highest BCUT2D eigenvalue weighted by molar-refractivity contribution is 8.16. The number of carbonyl (C=O) groups excluding carboxylic acids is 2. The number of nitrogens with one attached hydrogen (secondary N) is 1. The summed E-state index contributed by atoms with van der Waals surface area (Å²) in [5, 5.41) is 10.7. The summed E-state index contributed by atoms with van der Waals surface area (Å²) in [5.41, 5.74) is 3.76. The Bertz CT molecular complexity index is 1180. The highest BCUT2D eigenvalue weighted by atomic mass is 35.5. The number of amides is 1. The molecule has 1 amide bonds. The van der Waals surface area contributed by atoms with Crippen molar-refractivity contribution in [2.75, 3.05) is 13.7 Å². The number of aliphatic imine (C=N–C) groups is 1. The van der Waals surface area contributed by atoms with Gasteiger partial charge in [-0.05, 0) is 58.8 Å². The van der Waals surface area contributed by atoms with Gasteiger partial charge in [0, 0.05) is 22.3 Å². The molecule has 6 nitrogen and oxygen atoms in total. The average Bonchev–Trinajstić information content (AvgIpc) is 3.44. The van der Waals surface area contributed by atoms with Gasteiger partial charge in [0.25, 0.3) is 0 Å². The molecule has 0 bridgehead atoms. The van der Waals surface area contributed by atoms with E-state index in [0.29, 0.717) is 34.3 Å². The molecule has 33 heavy (non-hydrogen) atoms. The second kappa shape index (κ2) is 10.3. The smallest absolute Gasteiger partial charge is 0.338 e. The van der Waals surface area contributed by atoms with Crippen molar-refractivity contribution < 1.29 is 14.3 Å². The van der Waals surface area contributed by atoms with Crippen LogP contribution in [0, 0.1) is 0 Å². The Morgan fingerprint density at radius 3 is 2.79 bits per heavy atom. The molecule has 3 heterocycles. The monoisotopic (exact) mass is 521 g/mol. The van der Waals surface area contributed by atoms with Gasteiger partial charge in [-0.2, -0.15) is 11.3 Å². The fraction of sp³-hybridized carbons (Fsp3) is 0.261. The normalized spacial score (nSPS) is 17.5. The molecule has 1 aromatic heterocycles. The number of halogens is 2. The van der Waals surface area contributed by atoms with E-state index in [9.17, 15) is 9.59 Å². The van der Waals surface area contributed by atoms with Crippen LogP contribution in [0.15, 0.2) is 62.4 Å². The van der Waals surface area contributed by atoms with Gasteiger partial charge in [0.15, 0.2) is 5.17 Å². The van der Waals surface area contributed by atoms with Gasteiger partial charge >= 0.3 is 5.97 Å². The number of thioether (sulfide) groups is 1. The molecule has 0 aliphatic carbocycles. The average molecular weight is 522 g/mol. The van der Waals surface area contributed by atoms with Crippen LogP contribution in [0.4, 0.5) is 0 Å². The first-order valence-electron chi connectivity index (χ1n) is 10.1. The summed E-state index contributed by atoms with van der Waals surface area (Å²) in [5.74, 6) is -0.546. The Morgan fingerprint density at radius 1 is 1.27 bits per heavy atom. The fourth-order valence-electron chi connectivity index (χ4n) is 3.77. The molecule has 1 unspecified atom stereocenters. The first kappa shape index (κ1) is 23.9. The number of rotatable bonds is 7. The Hall–Kier alpha value is -2.26. The van der Waals surface area contributed by atoms with E-state index < -0.39 is 12.0 Å². The number of hydrogen-bond donors (Lipinski definition) is 1. The molecule has 172 valence electrons. The summed E-state index contributed by atoms with van der Waals surface area (Å²) in [6.45, 7) is 2.26. The topological polar surface area (TPSA) is 71.0 Å². The molecule has 0 saturated heterocycles. The zero-order chi connectivity index (χ0) is 23.5. The van der Waals surface area contributed by atoms with Crippen LogP contribution in [-0.2, 0) is 20.7 Å². The lowest BCUT2D eigenvalue weighted by Crippen LogP contribution is -2.38. The summed E-state index contributed by atoms with van der Waals surface area (Å²) in [6, 6.07) is 6.92.